The van der Waals surface area contributed by atoms with E-state index in [-0.39, 0.29) is 11.9 Å². The molecule has 2 heterocycles. The van der Waals surface area contributed by atoms with Gasteiger partial charge in [0.25, 0.3) is 0 Å². The van der Waals surface area contributed by atoms with Gasteiger partial charge in [0, 0.05) is 31.3 Å². The van der Waals surface area contributed by atoms with Crippen molar-refractivity contribution in [1.29, 1.82) is 0 Å². The molecule has 0 fully saturated rings. The lowest BCUT2D eigenvalue weighted by Gasteiger charge is -2.11. The molecule has 2 aromatic rings. The first-order valence-corrected chi connectivity index (χ1v) is 6.22. The minimum atomic E-state index is -0.211. The second kappa shape index (κ2) is 5.32. The Balaban J connectivity index is 1.51. The Labute approximate surface area is 110 Å². The van der Waals surface area contributed by atoms with E-state index in [1.807, 2.05) is 6.07 Å². The summed E-state index contributed by atoms with van der Waals surface area (Å²) >= 11 is 0. The van der Waals surface area contributed by atoms with Crippen molar-refractivity contribution in [2.24, 2.45) is 0 Å². The molecule has 1 N–H and O–H groups in total. The van der Waals surface area contributed by atoms with Gasteiger partial charge in [0.15, 0.2) is 0 Å². The molecule has 98 valence electrons. The average molecular weight is 259 g/mol. The average Bonchev–Trinajstić information content (AvgIpc) is 2.82. The number of halogens is 1. The van der Waals surface area contributed by atoms with Crippen molar-refractivity contribution in [2.45, 2.75) is 19.1 Å². The van der Waals surface area contributed by atoms with Gasteiger partial charge >= 0.3 is 0 Å². The van der Waals surface area contributed by atoms with E-state index < -0.39 is 0 Å². The van der Waals surface area contributed by atoms with Crippen molar-refractivity contribution in [1.82, 2.24) is 15.3 Å². The second-order valence-electron chi connectivity index (χ2n) is 4.53. The lowest BCUT2D eigenvalue weighted by Crippen LogP contribution is -2.29. The second-order valence-corrected chi connectivity index (χ2v) is 4.53. The zero-order chi connectivity index (χ0) is 13.1. The Morgan fingerprint density at radius 1 is 1.37 bits per heavy atom. The van der Waals surface area contributed by atoms with Crippen LogP contribution in [0.25, 0.3) is 0 Å². The minimum absolute atomic E-state index is 0.0543. The molecule has 0 saturated carbocycles. The van der Waals surface area contributed by atoms with E-state index in [1.165, 1.54) is 12.4 Å². The highest BCUT2D eigenvalue weighted by atomic mass is 19.1. The van der Waals surface area contributed by atoms with Gasteiger partial charge in [0.1, 0.15) is 24.0 Å². The first-order valence-electron chi connectivity index (χ1n) is 6.22. The number of hydrogen-bond acceptors (Lipinski definition) is 4. The summed E-state index contributed by atoms with van der Waals surface area (Å²) in [5, 5.41) is 3.28. The molecule has 5 heteroatoms. The Morgan fingerprint density at radius 3 is 3.16 bits per heavy atom. The van der Waals surface area contributed by atoms with Crippen molar-refractivity contribution < 1.29 is 9.13 Å². The van der Waals surface area contributed by atoms with Gasteiger partial charge in [-0.3, -0.25) is 0 Å². The standard InChI is InChI=1S/C14H14FN3O/c15-11-1-2-14-10(5-11)6-13(19-14)8-17-7-12-3-4-16-9-18-12/h1-5,9,13,17H,6-8H2. The van der Waals surface area contributed by atoms with E-state index in [0.717, 1.165) is 23.4 Å². The van der Waals surface area contributed by atoms with Gasteiger partial charge in [-0.1, -0.05) is 0 Å². The molecule has 0 amide bonds. The smallest absolute Gasteiger partial charge is 0.123 e. The zero-order valence-electron chi connectivity index (χ0n) is 10.3. The van der Waals surface area contributed by atoms with Crippen LogP contribution in [-0.2, 0) is 13.0 Å². The number of aromatic nitrogens is 2. The molecular weight excluding hydrogens is 245 g/mol. The van der Waals surface area contributed by atoms with Crippen molar-refractivity contribution >= 4 is 0 Å². The molecule has 1 unspecified atom stereocenters. The van der Waals surface area contributed by atoms with Crippen LogP contribution in [0.5, 0.6) is 5.75 Å². The predicted octanol–water partition coefficient (Wildman–Crippen LogP) is 1.71. The van der Waals surface area contributed by atoms with Crippen LogP contribution in [-0.4, -0.2) is 22.6 Å². The Kier molecular flexibility index (Phi) is 3.37. The summed E-state index contributed by atoms with van der Waals surface area (Å²) in [5.74, 6) is 0.576. The van der Waals surface area contributed by atoms with Crippen molar-refractivity contribution in [2.75, 3.05) is 6.54 Å². The SMILES string of the molecule is Fc1ccc2c(c1)CC(CNCc1ccncn1)O2. The van der Waals surface area contributed by atoms with E-state index in [1.54, 1.807) is 18.3 Å². The summed E-state index contributed by atoms with van der Waals surface area (Å²) in [5.41, 5.74) is 1.88. The molecule has 1 aromatic heterocycles. The zero-order valence-corrected chi connectivity index (χ0v) is 10.3. The van der Waals surface area contributed by atoms with Gasteiger partial charge < -0.3 is 10.1 Å². The maximum Gasteiger partial charge on any atom is 0.123 e. The maximum atomic E-state index is 13.1. The van der Waals surface area contributed by atoms with Gasteiger partial charge in [-0.15, -0.1) is 0 Å². The van der Waals surface area contributed by atoms with Gasteiger partial charge in [-0.25, -0.2) is 14.4 Å². The summed E-state index contributed by atoms with van der Waals surface area (Å²) in [7, 11) is 0. The van der Waals surface area contributed by atoms with E-state index in [0.29, 0.717) is 13.1 Å². The van der Waals surface area contributed by atoms with Crippen LogP contribution in [0.1, 0.15) is 11.3 Å². The molecule has 0 saturated heterocycles. The summed E-state index contributed by atoms with van der Waals surface area (Å²) in [6.45, 7) is 1.38. The largest absolute Gasteiger partial charge is 0.488 e. The third kappa shape index (κ3) is 2.88. The fourth-order valence-corrected chi connectivity index (χ4v) is 2.19. The van der Waals surface area contributed by atoms with Crippen LogP contribution >= 0.6 is 0 Å². The van der Waals surface area contributed by atoms with Crippen molar-refractivity contribution in [3.63, 3.8) is 0 Å². The molecule has 0 spiro atoms. The molecule has 4 nitrogen and oxygen atoms in total. The number of rotatable bonds is 4. The van der Waals surface area contributed by atoms with Crippen LogP contribution in [0.2, 0.25) is 0 Å². The van der Waals surface area contributed by atoms with E-state index in [4.69, 9.17) is 4.74 Å². The van der Waals surface area contributed by atoms with Crippen LogP contribution in [0.4, 0.5) is 4.39 Å². The quantitative estimate of drug-likeness (QED) is 0.908. The third-order valence-electron chi connectivity index (χ3n) is 3.09. The first-order chi connectivity index (χ1) is 9.31. The van der Waals surface area contributed by atoms with Gasteiger partial charge in [-0.2, -0.15) is 0 Å². The van der Waals surface area contributed by atoms with Crippen LogP contribution in [0.15, 0.2) is 36.8 Å². The molecule has 1 aliphatic rings. The fourth-order valence-electron chi connectivity index (χ4n) is 2.19. The molecule has 0 aliphatic carbocycles. The van der Waals surface area contributed by atoms with Crippen LogP contribution in [0.3, 0.4) is 0 Å². The molecule has 3 rings (SSSR count). The van der Waals surface area contributed by atoms with E-state index >= 15 is 0 Å². The molecule has 1 aliphatic heterocycles. The third-order valence-corrected chi connectivity index (χ3v) is 3.09. The highest BCUT2D eigenvalue weighted by Gasteiger charge is 2.22. The minimum Gasteiger partial charge on any atom is -0.488 e. The number of ether oxygens (including phenoxy) is 1. The first kappa shape index (κ1) is 12.0. The topological polar surface area (TPSA) is 47.0 Å². The molecular formula is C14H14FN3O. The lowest BCUT2D eigenvalue weighted by atomic mass is 10.1. The van der Waals surface area contributed by atoms with E-state index in [9.17, 15) is 4.39 Å². The fraction of sp³-hybridized carbons (Fsp3) is 0.286. The summed E-state index contributed by atoms with van der Waals surface area (Å²) in [6, 6.07) is 6.52. The number of nitrogens with one attached hydrogen (secondary N) is 1. The number of fused-ring (bicyclic) bond motifs is 1. The lowest BCUT2D eigenvalue weighted by molar-refractivity contribution is 0.227. The van der Waals surface area contributed by atoms with Crippen molar-refractivity contribution in [3.8, 4) is 5.75 Å². The van der Waals surface area contributed by atoms with Gasteiger partial charge in [0.05, 0.1) is 5.69 Å². The monoisotopic (exact) mass is 259 g/mol. The predicted molar refractivity (Wildman–Crippen MR) is 68.3 cm³/mol. The Hall–Kier alpha value is -2.01. The summed E-state index contributed by atoms with van der Waals surface area (Å²) in [6.07, 6.45) is 4.04. The summed E-state index contributed by atoms with van der Waals surface area (Å²) in [4.78, 5) is 8.00. The van der Waals surface area contributed by atoms with Crippen LogP contribution in [0, 0.1) is 5.82 Å². The molecule has 19 heavy (non-hydrogen) atoms. The van der Waals surface area contributed by atoms with Gasteiger partial charge in [-0.05, 0) is 24.3 Å². The number of benzene rings is 1. The normalized spacial score (nSPS) is 17.0. The van der Waals surface area contributed by atoms with Crippen molar-refractivity contribution in [3.05, 3.63) is 53.9 Å². The molecule has 0 radical (unpaired) electrons. The van der Waals surface area contributed by atoms with E-state index in [2.05, 4.69) is 15.3 Å². The Bertz CT molecular complexity index is 562. The highest BCUT2D eigenvalue weighted by Crippen LogP contribution is 2.28. The molecule has 1 atom stereocenters. The number of hydrogen-bond donors (Lipinski definition) is 1. The maximum absolute atomic E-state index is 13.1. The molecule has 0 bridgehead atoms. The number of nitrogens with zero attached hydrogens (tertiary/aromatic N) is 2. The highest BCUT2D eigenvalue weighted by molar-refractivity contribution is 5.37. The van der Waals surface area contributed by atoms with Crippen LogP contribution < -0.4 is 10.1 Å². The molecule has 1 aromatic carbocycles. The Morgan fingerprint density at radius 2 is 2.32 bits per heavy atom. The van der Waals surface area contributed by atoms with Gasteiger partial charge in [0.2, 0.25) is 0 Å². The summed E-state index contributed by atoms with van der Waals surface area (Å²) < 4.78 is 18.8.